The maximum atomic E-state index is 14.7. The van der Waals surface area contributed by atoms with Crippen LogP contribution in [0.4, 0.5) is 21.0 Å². The van der Waals surface area contributed by atoms with E-state index in [-0.39, 0.29) is 66.0 Å². The van der Waals surface area contributed by atoms with Crippen LogP contribution in [0.5, 0.6) is 5.75 Å². The van der Waals surface area contributed by atoms with Crippen molar-refractivity contribution in [1.82, 2.24) is 31.2 Å². The number of halogens is 3. The molecule has 92 heavy (non-hydrogen) atoms. The van der Waals surface area contributed by atoms with E-state index in [4.69, 9.17) is 45.8 Å². The van der Waals surface area contributed by atoms with Crippen molar-refractivity contribution in [2.45, 2.75) is 172 Å². The minimum Gasteiger partial charge on any atom is -0.495 e. The number of benzene rings is 2. The van der Waals surface area contributed by atoms with Crippen LogP contribution in [0.2, 0.25) is 5.02 Å². The number of primary amides is 1. The fourth-order valence-electron chi connectivity index (χ4n) is 11.2. The topological polar surface area (TPSA) is 338 Å². The van der Waals surface area contributed by atoms with Gasteiger partial charge in [-0.2, -0.15) is 0 Å². The number of allylic oxidation sites excluding steroid dienone is 3. The predicted octanol–water partition coefficient (Wildman–Crippen LogP) is 7.08. The molecule has 0 radical (unpaired) electrons. The highest BCUT2D eigenvalue weighted by Gasteiger charge is 2.64. The number of rotatable bonds is 26. The molecule has 11 atom stereocenters. The zero-order valence-corrected chi connectivity index (χ0v) is 57.7. The number of nitrogens with one attached hydrogen (secondary N) is 5. The zero-order valence-electron chi connectivity index (χ0n) is 53.7. The first kappa shape index (κ1) is 74.3. The monoisotopic (exact) mass is 1430 g/mol. The Bertz CT molecular complexity index is 3260. The normalized spacial score (nSPS) is 24.0. The van der Waals surface area contributed by atoms with Gasteiger partial charge in [0.05, 0.1) is 48.2 Å². The highest BCUT2D eigenvalue weighted by Crippen LogP contribution is 2.49. The number of carbonyl (C=O) groups excluding carboxylic acids is 9. The summed E-state index contributed by atoms with van der Waals surface area (Å²) in [5.41, 5.74) is 3.26. The van der Waals surface area contributed by atoms with E-state index in [2.05, 4.69) is 63.4 Å². The number of alkyl carbamates (subject to hydrolysis) is 1. The molecule has 3 aliphatic heterocycles. The third-order valence-corrected chi connectivity index (χ3v) is 19.2. The number of anilines is 2. The average Bonchev–Trinajstić information content (AvgIpc) is 1.56. The maximum Gasteiger partial charge on any atom is 0.409 e. The molecule has 4 heterocycles. The molecule has 2 fully saturated rings. The number of methoxy groups -OCH3 is 2. The second kappa shape index (κ2) is 32.9. The van der Waals surface area contributed by atoms with Gasteiger partial charge in [0.25, 0.3) is 5.91 Å². The van der Waals surface area contributed by atoms with Crippen LogP contribution < -0.4 is 42.0 Å². The Morgan fingerprint density at radius 3 is 2.40 bits per heavy atom. The van der Waals surface area contributed by atoms with E-state index in [1.54, 1.807) is 64.1 Å². The number of fused-ring (bicyclic) bond motifs is 6. The summed E-state index contributed by atoms with van der Waals surface area (Å²) < 4.78 is 35.7. The molecule has 6 rings (SSSR count). The molecular weight excluding hydrogens is 1350 g/mol. The third kappa shape index (κ3) is 18.5. The van der Waals surface area contributed by atoms with Gasteiger partial charge in [0, 0.05) is 68.8 Å². The number of unbranched alkanes of at least 4 members (excludes halogenated alkanes) is 1. The van der Waals surface area contributed by atoms with Crippen molar-refractivity contribution in [2.75, 3.05) is 55.7 Å². The molecule has 4 bridgehead atoms. The van der Waals surface area contributed by atoms with Crippen LogP contribution in [0.25, 0.3) is 10.9 Å². The quantitative estimate of drug-likeness (QED) is 0.0139. The Morgan fingerprint density at radius 1 is 1.03 bits per heavy atom. The Balaban J connectivity index is 1.21. The molecule has 0 saturated carbocycles. The molecule has 8 N–H and O–H groups in total. The highest BCUT2D eigenvalue weighted by atomic mass is 79.9. The first-order valence-electron chi connectivity index (χ1n) is 30.4. The number of pyridine rings is 1. The molecule has 25 nitrogen and oxygen atoms in total. The van der Waals surface area contributed by atoms with E-state index in [9.17, 15) is 48.3 Å². The zero-order chi connectivity index (χ0) is 68.0. The van der Waals surface area contributed by atoms with Gasteiger partial charge < -0.3 is 75.1 Å². The fourth-order valence-corrected chi connectivity index (χ4v) is 13.0. The van der Waals surface area contributed by atoms with E-state index in [0.29, 0.717) is 53.2 Å². The number of aldehydes is 1. The lowest BCUT2D eigenvalue weighted by molar-refractivity contribution is -0.158. The van der Waals surface area contributed by atoms with E-state index in [1.165, 1.54) is 58.5 Å². The second-order valence-corrected chi connectivity index (χ2v) is 25.8. The number of likely N-dealkylation sites (N-methyl/N-ethyl adjacent to an activating group) is 1. The van der Waals surface area contributed by atoms with Crippen LogP contribution in [-0.4, -0.2) is 180 Å². The van der Waals surface area contributed by atoms with E-state index in [1.807, 2.05) is 19.9 Å². The van der Waals surface area contributed by atoms with Gasteiger partial charge in [0.2, 0.25) is 23.6 Å². The number of hydrogen-bond donors (Lipinski definition) is 7. The molecule has 2 aromatic carbocycles. The highest BCUT2D eigenvalue weighted by molar-refractivity contribution is 9.10. The number of alkyl halides is 2. The maximum absolute atomic E-state index is 14.7. The van der Waals surface area contributed by atoms with Gasteiger partial charge in [-0.1, -0.05) is 94.5 Å². The molecule has 0 aliphatic carbocycles. The Kier molecular flexibility index (Phi) is 26.6. The molecule has 1 aromatic heterocycles. The van der Waals surface area contributed by atoms with Crippen molar-refractivity contribution < 1.29 is 76.7 Å². The van der Waals surface area contributed by atoms with Gasteiger partial charge in [-0.15, -0.1) is 0 Å². The minimum absolute atomic E-state index is 0.0229. The smallest absolute Gasteiger partial charge is 0.409 e. The largest absolute Gasteiger partial charge is 0.495 e. The number of esters is 1. The van der Waals surface area contributed by atoms with E-state index in [0.717, 1.165) is 22.3 Å². The number of urea groups is 1. The molecule has 504 valence electrons. The molecule has 2 saturated heterocycles. The van der Waals surface area contributed by atoms with E-state index >= 15 is 0 Å². The lowest BCUT2D eigenvalue weighted by Crippen LogP contribution is -2.63. The number of aliphatic hydroxyl groups is 1. The SMILES string of the molecule is COc1cc2cc(c1Cl)N(C)C(=O)C[C@H](OC(=O)[C@H](C)N(C)C(=O)c1ccc(NC(=O)[C@H](CCCNC(N)=O)NC(=O)[C@@H](NC(=O)CCCCC(C)OC(C=O)(CBr)CBr)C(C)C)c3cccnc13)[C@]1(C)O[C@H]1[C@H](C)[C@@H]1C[C@@](O)(NC(=O)O1)[C@H](OC)/C=C/C=C(\C)C2. The van der Waals surface area contributed by atoms with Crippen LogP contribution in [0.15, 0.2) is 66.4 Å². The molecule has 0 spiro atoms. The first-order chi connectivity index (χ1) is 43.5. The summed E-state index contributed by atoms with van der Waals surface area (Å²) in [6, 6.07) is 5.28. The van der Waals surface area contributed by atoms with Crippen LogP contribution in [-0.2, 0) is 58.9 Å². The summed E-state index contributed by atoms with van der Waals surface area (Å²) >= 11 is 13.5. The Hall–Kier alpha value is -6.75. The molecule has 1 unspecified atom stereocenters. The van der Waals surface area contributed by atoms with Gasteiger partial charge in [0.15, 0.2) is 12.0 Å². The van der Waals surface area contributed by atoms with Crippen LogP contribution in [0.1, 0.15) is 116 Å². The van der Waals surface area contributed by atoms with Crippen molar-refractivity contribution in [1.29, 1.82) is 0 Å². The van der Waals surface area contributed by atoms with Crippen molar-refractivity contribution in [2.24, 2.45) is 17.6 Å². The average molecular weight is 1430 g/mol. The minimum atomic E-state index is -1.93. The summed E-state index contributed by atoms with van der Waals surface area (Å²) in [4.78, 5) is 129. The standard InChI is InChI=1S/C64H86Br2ClN9O16/c1-35(2)53(73-50(78)22-13-12-18-37(4)91-63(32-65,33-66)34-77)57(81)72-44(20-16-26-70-60(68)84)56(80)71-43-24-23-42(54-41(43)19-15-25-69-54)58(82)75(8)39(6)59(83)90-49-30-51(79)76(9)45-28-40(29-46(87-10)52(45)67)27-36(3)17-14-21-48(88-11)64(86)31-47(89-61(85)74-64)38(5)55-62(49,7)92-55/h14-15,17,19,21,23-25,28-29,34-35,37-39,44,47-49,53,55,86H,12-13,16,18,20,22,26-27,30-33H2,1-11H3,(H,71,80)(H,72,81)(H,73,78)(H,74,85)(H3,68,70,84)/b21-14+,36-17+/t37?,38-,39+,44+,47+,48-,49+,53+,55+,62+,64+/m1/s1. The summed E-state index contributed by atoms with van der Waals surface area (Å²) in [5, 5.41) is 26.5. The first-order valence-corrected chi connectivity index (χ1v) is 33.1. The third-order valence-electron chi connectivity index (χ3n) is 16.9. The Labute approximate surface area is 557 Å². The lowest BCUT2D eigenvalue weighted by atomic mass is 9.83. The van der Waals surface area contributed by atoms with Gasteiger partial charge in [0.1, 0.15) is 58.4 Å². The lowest BCUT2D eigenvalue weighted by Gasteiger charge is -2.42. The van der Waals surface area contributed by atoms with Gasteiger partial charge in [-0.3, -0.25) is 34.3 Å². The predicted molar refractivity (Wildman–Crippen MR) is 352 cm³/mol. The molecular formula is C64H86Br2ClN9O16. The summed E-state index contributed by atoms with van der Waals surface area (Å²) in [5.74, 6) is -4.57. The fraction of sp³-hybridized carbons (Fsp3) is 0.562. The van der Waals surface area contributed by atoms with Crippen LogP contribution in [0.3, 0.4) is 0 Å². The second-order valence-electron chi connectivity index (χ2n) is 24.3. The number of carbonyl (C=O) groups is 9. The van der Waals surface area contributed by atoms with Crippen LogP contribution in [0, 0.1) is 11.8 Å². The number of ether oxygens (including phenoxy) is 6. The van der Waals surface area contributed by atoms with Gasteiger partial charge >= 0.3 is 18.1 Å². The van der Waals surface area contributed by atoms with Crippen LogP contribution >= 0.6 is 43.5 Å². The number of hydrogen-bond acceptors (Lipinski definition) is 17. The van der Waals surface area contributed by atoms with Gasteiger partial charge in [-0.25, -0.2) is 14.4 Å². The summed E-state index contributed by atoms with van der Waals surface area (Å²) in [6.45, 7) is 12.2. The van der Waals surface area contributed by atoms with Crippen molar-refractivity contribution >= 4 is 120 Å². The number of amides is 8. The Morgan fingerprint density at radius 2 is 1.75 bits per heavy atom. The van der Waals surface area contributed by atoms with Gasteiger partial charge in [-0.05, 0) is 108 Å². The molecule has 8 amide bonds. The number of nitrogens with two attached hydrogens (primary N) is 1. The molecule has 3 aliphatic rings. The van der Waals surface area contributed by atoms with E-state index < -0.39 is 119 Å². The van der Waals surface area contributed by atoms with Crippen molar-refractivity contribution in [3.8, 4) is 5.75 Å². The number of epoxide rings is 1. The van der Waals surface area contributed by atoms with Crippen molar-refractivity contribution in [3.63, 3.8) is 0 Å². The number of aromatic nitrogens is 1. The van der Waals surface area contributed by atoms with Crippen molar-refractivity contribution in [3.05, 3.63) is 82.5 Å². The summed E-state index contributed by atoms with van der Waals surface area (Å²) in [6.07, 6.45) is 3.83. The molecule has 3 aromatic rings. The summed E-state index contributed by atoms with van der Waals surface area (Å²) in [7, 11) is 5.77. The number of nitrogens with zero attached hydrogens (tertiary/aromatic N) is 3. The molecule has 28 heteroatoms.